The molecule has 2 aromatic rings. The van der Waals surface area contributed by atoms with E-state index in [-0.39, 0.29) is 0 Å². The number of hydrogen-bond donors (Lipinski definition) is 1. The fourth-order valence-corrected chi connectivity index (χ4v) is 1.55. The molecule has 2 heteroatoms. The van der Waals surface area contributed by atoms with Crippen LogP contribution in [0.25, 0.3) is 5.69 Å². The second-order valence-corrected chi connectivity index (χ2v) is 3.30. The normalized spacial score (nSPS) is 10.4. The van der Waals surface area contributed by atoms with Crippen molar-refractivity contribution in [2.75, 3.05) is 6.54 Å². The van der Waals surface area contributed by atoms with E-state index in [9.17, 15) is 0 Å². The summed E-state index contributed by atoms with van der Waals surface area (Å²) >= 11 is 0. The first-order valence-corrected chi connectivity index (χ1v) is 4.82. The van der Waals surface area contributed by atoms with E-state index in [0.29, 0.717) is 6.54 Å². The van der Waals surface area contributed by atoms with Crippen molar-refractivity contribution >= 4 is 0 Å². The summed E-state index contributed by atoms with van der Waals surface area (Å²) in [6.07, 6.45) is 5.03. The van der Waals surface area contributed by atoms with Crippen molar-refractivity contribution in [3.05, 3.63) is 54.4 Å². The Morgan fingerprint density at radius 2 is 1.86 bits per heavy atom. The van der Waals surface area contributed by atoms with E-state index in [1.54, 1.807) is 0 Å². The van der Waals surface area contributed by atoms with Gasteiger partial charge >= 0.3 is 0 Å². The van der Waals surface area contributed by atoms with Crippen molar-refractivity contribution < 1.29 is 0 Å². The maximum absolute atomic E-state index is 5.52. The van der Waals surface area contributed by atoms with Crippen LogP contribution in [0.1, 0.15) is 5.56 Å². The molecular formula is C12H14N2. The Labute approximate surface area is 84.0 Å². The maximum atomic E-state index is 5.52. The van der Waals surface area contributed by atoms with Crippen LogP contribution in [-0.4, -0.2) is 11.1 Å². The fourth-order valence-electron chi connectivity index (χ4n) is 1.55. The minimum Gasteiger partial charge on any atom is -0.330 e. The van der Waals surface area contributed by atoms with Gasteiger partial charge in [0.25, 0.3) is 0 Å². The highest BCUT2D eigenvalue weighted by Gasteiger charge is 1.96. The van der Waals surface area contributed by atoms with Gasteiger partial charge in [-0.15, -0.1) is 0 Å². The van der Waals surface area contributed by atoms with Gasteiger partial charge < -0.3 is 10.3 Å². The van der Waals surface area contributed by atoms with Crippen molar-refractivity contribution in [2.45, 2.75) is 6.42 Å². The average molecular weight is 186 g/mol. The van der Waals surface area contributed by atoms with Crippen LogP contribution in [0.4, 0.5) is 0 Å². The molecule has 0 atom stereocenters. The molecule has 0 unspecified atom stereocenters. The van der Waals surface area contributed by atoms with E-state index in [1.807, 2.05) is 24.5 Å². The predicted octanol–water partition coefficient (Wildman–Crippen LogP) is 1.98. The van der Waals surface area contributed by atoms with Gasteiger partial charge in [0.15, 0.2) is 0 Å². The molecule has 14 heavy (non-hydrogen) atoms. The Morgan fingerprint density at radius 3 is 2.57 bits per heavy atom. The maximum Gasteiger partial charge on any atom is 0.0452 e. The van der Waals surface area contributed by atoms with Gasteiger partial charge in [-0.1, -0.05) is 12.1 Å². The van der Waals surface area contributed by atoms with Crippen LogP contribution in [0, 0.1) is 0 Å². The van der Waals surface area contributed by atoms with Crippen molar-refractivity contribution in [1.82, 2.24) is 4.57 Å². The molecule has 1 aromatic heterocycles. The number of rotatable bonds is 3. The van der Waals surface area contributed by atoms with E-state index in [4.69, 9.17) is 5.73 Å². The highest BCUT2D eigenvalue weighted by molar-refractivity contribution is 5.36. The van der Waals surface area contributed by atoms with Crippen LogP contribution in [0.15, 0.2) is 48.8 Å². The van der Waals surface area contributed by atoms with Crippen LogP contribution >= 0.6 is 0 Å². The third kappa shape index (κ3) is 1.86. The summed E-state index contributed by atoms with van der Waals surface area (Å²) in [6, 6.07) is 12.5. The predicted molar refractivity (Wildman–Crippen MR) is 58.5 cm³/mol. The second-order valence-electron chi connectivity index (χ2n) is 3.30. The zero-order valence-corrected chi connectivity index (χ0v) is 8.06. The lowest BCUT2D eigenvalue weighted by atomic mass is 10.1. The van der Waals surface area contributed by atoms with Crippen molar-refractivity contribution in [2.24, 2.45) is 5.73 Å². The summed E-state index contributed by atoms with van der Waals surface area (Å²) in [6.45, 7) is 0.704. The van der Waals surface area contributed by atoms with E-state index < -0.39 is 0 Å². The SMILES string of the molecule is NCCc1cccc(-n2cccc2)c1. The molecule has 72 valence electrons. The summed E-state index contributed by atoms with van der Waals surface area (Å²) in [5.41, 5.74) is 8.01. The zero-order chi connectivity index (χ0) is 9.80. The van der Waals surface area contributed by atoms with E-state index in [2.05, 4.69) is 28.8 Å². The van der Waals surface area contributed by atoms with Gasteiger partial charge in [0, 0.05) is 18.1 Å². The number of aromatic nitrogens is 1. The Hall–Kier alpha value is -1.54. The molecule has 2 N–H and O–H groups in total. The Balaban J connectivity index is 2.31. The molecule has 0 aliphatic rings. The first-order chi connectivity index (χ1) is 6.90. The summed E-state index contributed by atoms with van der Waals surface area (Å²) in [5, 5.41) is 0. The van der Waals surface area contributed by atoms with Gasteiger partial charge in [-0.2, -0.15) is 0 Å². The molecule has 0 spiro atoms. The number of hydrogen-bond acceptors (Lipinski definition) is 1. The smallest absolute Gasteiger partial charge is 0.0452 e. The molecule has 1 aromatic carbocycles. The lowest BCUT2D eigenvalue weighted by Gasteiger charge is -2.05. The summed E-state index contributed by atoms with van der Waals surface area (Å²) in [7, 11) is 0. The molecule has 0 fully saturated rings. The molecule has 0 aliphatic heterocycles. The van der Waals surface area contributed by atoms with E-state index >= 15 is 0 Å². The quantitative estimate of drug-likeness (QED) is 0.780. The molecule has 0 radical (unpaired) electrons. The minimum atomic E-state index is 0.704. The molecule has 0 amide bonds. The second kappa shape index (κ2) is 4.11. The van der Waals surface area contributed by atoms with Crippen LogP contribution in [0.3, 0.4) is 0 Å². The lowest BCUT2D eigenvalue weighted by Crippen LogP contribution is -2.03. The molecule has 0 saturated heterocycles. The fraction of sp³-hybridized carbons (Fsp3) is 0.167. The van der Waals surface area contributed by atoms with Crippen molar-refractivity contribution in [3.63, 3.8) is 0 Å². The topological polar surface area (TPSA) is 30.9 Å². The zero-order valence-electron chi connectivity index (χ0n) is 8.06. The first-order valence-electron chi connectivity index (χ1n) is 4.82. The highest BCUT2D eigenvalue weighted by atomic mass is 14.9. The summed E-state index contributed by atoms with van der Waals surface area (Å²) in [4.78, 5) is 0. The molecular weight excluding hydrogens is 172 g/mol. The Kier molecular flexibility index (Phi) is 2.65. The Bertz CT molecular complexity index is 390. The Morgan fingerprint density at radius 1 is 1.07 bits per heavy atom. The molecule has 2 nitrogen and oxygen atoms in total. The molecule has 0 saturated carbocycles. The molecule has 0 bridgehead atoms. The average Bonchev–Trinajstić information content (AvgIpc) is 2.71. The monoisotopic (exact) mass is 186 g/mol. The first kappa shape index (κ1) is 9.03. The van der Waals surface area contributed by atoms with Crippen LogP contribution in [-0.2, 0) is 6.42 Å². The third-order valence-corrected chi connectivity index (χ3v) is 2.25. The van der Waals surface area contributed by atoms with Gasteiger partial charge in [-0.25, -0.2) is 0 Å². The van der Waals surface area contributed by atoms with Gasteiger partial charge in [0.05, 0.1) is 0 Å². The van der Waals surface area contributed by atoms with Crippen molar-refractivity contribution in [3.8, 4) is 5.69 Å². The summed E-state index contributed by atoms with van der Waals surface area (Å²) in [5.74, 6) is 0. The van der Waals surface area contributed by atoms with Crippen molar-refractivity contribution in [1.29, 1.82) is 0 Å². The van der Waals surface area contributed by atoms with E-state index in [0.717, 1.165) is 6.42 Å². The van der Waals surface area contributed by atoms with Gasteiger partial charge in [0.1, 0.15) is 0 Å². The molecule has 0 aliphatic carbocycles. The van der Waals surface area contributed by atoms with E-state index in [1.165, 1.54) is 11.3 Å². The van der Waals surface area contributed by atoms with Crippen LogP contribution in [0.5, 0.6) is 0 Å². The van der Waals surface area contributed by atoms with Gasteiger partial charge in [-0.3, -0.25) is 0 Å². The van der Waals surface area contributed by atoms with Crippen LogP contribution in [0.2, 0.25) is 0 Å². The lowest BCUT2D eigenvalue weighted by molar-refractivity contribution is 0.961. The third-order valence-electron chi connectivity index (χ3n) is 2.25. The van der Waals surface area contributed by atoms with Crippen LogP contribution < -0.4 is 5.73 Å². The molecule has 2 rings (SSSR count). The summed E-state index contributed by atoms with van der Waals surface area (Å²) < 4.78 is 2.10. The minimum absolute atomic E-state index is 0.704. The standard InChI is InChI=1S/C12H14N2/c13-7-6-11-4-3-5-12(10-11)14-8-1-2-9-14/h1-5,8-10H,6-7,13H2. The number of benzene rings is 1. The largest absolute Gasteiger partial charge is 0.330 e. The number of nitrogens with two attached hydrogens (primary N) is 1. The van der Waals surface area contributed by atoms with Gasteiger partial charge in [-0.05, 0) is 42.8 Å². The highest BCUT2D eigenvalue weighted by Crippen LogP contribution is 2.10. The number of nitrogens with zero attached hydrogens (tertiary/aromatic N) is 1. The molecule has 1 heterocycles. The van der Waals surface area contributed by atoms with Gasteiger partial charge in [0.2, 0.25) is 0 Å².